The minimum atomic E-state index is -0.577. The van der Waals surface area contributed by atoms with Crippen molar-refractivity contribution in [3.63, 3.8) is 0 Å². The predicted octanol–water partition coefficient (Wildman–Crippen LogP) is 2.00. The van der Waals surface area contributed by atoms with Crippen LogP contribution >= 0.6 is 0 Å². The van der Waals surface area contributed by atoms with E-state index >= 15 is 0 Å². The minimum absolute atomic E-state index is 0.0615. The maximum atomic E-state index is 13.1. The Kier molecular flexibility index (Phi) is 4.10. The van der Waals surface area contributed by atoms with Gasteiger partial charge in [-0.15, -0.1) is 0 Å². The third kappa shape index (κ3) is 3.08. The largest absolute Gasteiger partial charge is 0.444 e. The van der Waals surface area contributed by atoms with E-state index in [-0.39, 0.29) is 29.2 Å². The standard InChI is InChI=1S/C20H28N4O4/c1-12-6-15-14(9-23(12)18(27)28-19(2,3)4)16-17(26)22(5)10-20(7-13(25)8-20)11-24(16)21-15/h12H,6-11H2,1-5H3/t12-/m1/s1. The number of amides is 2. The highest BCUT2D eigenvalue weighted by atomic mass is 16.6. The first-order chi connectivity index (χ1) is 13.0. The van der Waals surface area contributed by atoms with Gasteiger partial charge in [0.25, 0.3) is 5.91 Å². The monoisotopic (exact) mass is 388 g/mol. The molecule has 1 aromatic rings. The summed E-state index contributed by atoms with van der Waals surface area (Å²) >= 11 is 0. The predicted molar refractivity (Wildman–Crippen MR) is 101 cm³/mol. The fourth-order valence-corrected chi connectivity index (χ4v) is 4.65. The lowest BCUT2D eigenvalue weighted by Gasteiger charge is -2.41. The normalized spacial score (nSPS) is 23.8. The average molecular weight is 388 g/mol. The van der Waals surface area contributed by atoms with Gasteiger partial charge in [-0.2, -0.15) is 5.10 Å². The molecule has 4 rings (SSSR count). The number of rotatable bonds is 0. The van der Waals surface area contributed by atoms with Gasteiger partial charge in [0.15, 0.2) is 0 Å². The first-order valence-electron chi connectivity index (χ1n) is 9.83. The minimum Gasteiger partial charge on any atom is -0.444 e. The summed E-state index contributed by atoms with van der Waals surface area (Å²) in [6.07, 6.45) is 1.20. The molecule has 152 valence electrons. The van der Waals surface area contributed by atoms with Crippen molar-refractivity contribution in [1.29, 1.82) is 0 Å². The molecule has 0 saturated heterocycles. The van der Waals surface area contributed by atoms with Crippen molar-refractivity contribution < 1.29 is 19.1 Å². The molecule has 1 saturated carbocycles. The number of hydrogen-bond donors (Lipinski definition) is 0. The molecule has 1 aromatic heterocycles. The van der Waals surface area contributed by atoms with Crippen molar-refractivity contribution in [2.24, 2.45) is 5.41 Å². The third-order valence-electron chi connectivity index (χ3n) is 5.86. The second kappa shape index (κ2) is 6.06. The fraction of sp³-hybridized carbons (Fsp3) is 0.700. The Balaban J connectivity index is 1.68. The Bertz CT molecular complexity index is 858. The van der Waals surface area contributed by atoms with Gasteiger partial charge >= 0.3 is 6.09 Å². The van der Waals surface area contributed by atoms with Crippen molar-refractivity contribution in [3.8, 4) is 0 Å². The van der Waals surface area contributed by atoms with Crippen LogP contribution in [0.2, 0.25) is 0 Å². The van der Waals surface area contributed by atoms with E-state index in [1.807, 2.05) is 27.7 Å². The van der Waals surface area contributed by atoms with Crippen molar-refractivity contribution in [2.75, 3.05) is 13.6 Å². The zero-order valence-corrected chi connectivity index (χ0v) is 17.2. The lowest BCUT2D eigenvalue weighted by atomic mass is 9.67. The highest BCUT2D eigenvalue weighted by Crippen LogP contribution is 2.43. The van der Waals surface area contributed by atoms with Gasteiger partial charge in [-0.25, -0.2) is 4.79 Å². The topological polar surface area (TPSA) is 84.7 Å². The molecule has 0 aromatic carbocycles. The Hall–Kier alpha value is -2.38. The first kappa shape index (κ1) is 19.0. The summed E-state index contributed by atoms with van der Waals surface area (Å²) in [5.41, 5.74) is 1.44. The Morgan fingerprint density at radius 3 is 2.50 bits per heavy atom. The molecule has 0 bridgehead atoms. The smallest absolute Gasteiger partial charge is 0.410 e. The van der Waals surface area contributed by atoms with Gasteiger partial charge in [0.1, 0.15) is 17.1 Å². The molecule has 0 N–H and O–H groups in total. The number of hydrogen-bond acceptors (Lipinski definition) is 5. The van der Waals surface area contributed by atoms with Crippen molar-refractivity contribution in [1.82, 2.24) is 19.6 Å². The quantitative estimate of drug-likeness (QED) is 0.679. The number of carbonyl (C=O) groups is 3. The molecule has 0 unspecified atom stereocenters. The molecule has 8 nitrogen and oxygen atoms in total. The summed E-state index contributed by atoms with van der Waals surface area (Å²) in [6, 6.07) is -0.0615. The van der Waals surface area contributed by atoms with E-state index in [1.54, 1.807) is 21.5 Å². The van der Waals surface area contributed by atoms with Gasteiger partial charge in [-0.1, -0.05) is 0 Å². The van der Waals surface area contributed by atoms with Crippen LogP contribution in [0.15, 0.2) is 0 Å². The summed E-state index contributed by atoms with van der Waals surface area (Å²) in [6.45, 7) is 8.93. The van der Waals surface area contributed by atoms with E-state index in [0.29, 0.717) is 44.6 Å². The molecule has 1 spiro atoms. The van der Waals surface area contributed by atoms with Crippen molar-refractivity contribution in [3.05, 3.63) is 17.0 Å². The van der Waals surface area contributed by atoms with Gasteiger partial charge < -0.3 is 14.5 Å². The van der Waals surface area contributed by atoms with E-state index in [4.69, 9.17) is 9.84 Å². The van der Waals surface area contributed by atoms with Gasteiger partial charge in [-0.3, -0.25) is 14.3 Å². The molecule has 1 aliphatic carbocycles. The van der Waals surface area contributed by atoms with Crippen LogP contribution in [0.25, 0.3) is 0 Å². The van der Waals surface area contributed by atoms with E-state index < -0.39 is 5.60 Å². The van der Waals surface area contributed by atoms with Crippen LogP contribution in [-0.4, -0.2) is 62.6 Å². The highest BCUT2D eigenvalue weighted by molar-refractivity contribution is 5.95. The molecule has 0 radical (unpaired) electrons. The SMILES string of the molecule is C[C@@H]1Cc2nn3c(c2CN1C(=O)OC(C)(C)C)C(=O)N(C)CC1(CC(=O)C1)C3. The van der Waals surface area contributed by atoms with Gasteiger partial charge in [0.2, 0.25) is 0 Å². The van der Waals surface area contributed by atoms with Gasteiger partial charge in [0.05, 0.1) is 18.8 Å². The number of ether oxygens (including phenoxy) is 1. The molecular formula is C20H28N4O4. The maximum Gasteiger partial charge on any atom is 0.410 e. The van der Waals surface area contributed by atoms with Crippen LogP contribution in [0.4, 0.5) is 4.79 Å². The van der Waals surface area contributed by atoms with Crippen LogP contribution in [0.5, 0.6) is 0 Å². The molecule has 8 heteroatoms. The number of ketones is 1. The number of aromatic nitrogens is 2. The summed E-state index contributed by atoms with van der Waals surface area (Å²) in [5.74, 6) is 0.148. The number of carbonyl (C=O) groups excluding carboxylic acids is 3. The highest BCUT2D eigenvalue weighted by Gasteiger charge is 2.49. The lowest BCUT2D eigenvalue weighted by Crippen LogP contribution is -2.48. The molecule has 3 aliphatic rings. The van der Waals surface area contributed by atoms with E-state index in [2.05, 4.69) is 0 Å². The van der Waals surface area contributed by atoms with E-state index in [9.17, 15) is 14.4 Å². The molecule has 2 amide bonds. The Morgan fingerprint density at radius 2 is 1.89 bits per heavy atom. The number of nitrogens with zero attached hydrogens (tertiary/aromatic N) is 4. The van der Waals surface area contributed by atoms with Crippen LogP contribution in [0.1, 0.15) is 62.3 Å². The number of fused-ring (bicyclic) bond motifs is 3. The van der Waals surface area contributed by atoms with Gasteiger partial charge in [0, 0.05) is 49.9 Å². The molecule has 1 fully saturated rings. The molecular weight excluding hydrogens is 360 g/mol. The second-order valence-corrected chi connectivity index (χ2v) is 9.65. The van der Waals surface area contributed by atoms with Gasteiger partial charge in [-0.05, 0) is 27.7 Å². The molecule has 2 aliphatic heterocycles. The second-order valence-electron chi connectivity index (χ2n) is 9.65. The maximum absolute atomic E-state index is 13.1. The molecule has 1 atom stereocenters. The average Bonchev–Trinajstić information content (AvgIpc) is 2.81. The summed E-state index contributed by atoms with van der Waals surface area (Å²) in [4.78, 5) is 40.8. The Morgan fingerprint density at radius 1 is 1.21 bits per heavy atom. The van der Waals surface area contributed by atoms with Crippen LogP contribution in [-0.2, 0) is 29.0 Å². The van der Waals surface area contributed by atoms with Crippen LogP contribution in [0, 0.1) is 5.41 Å². The van der Waals surface area contributed by atoms with Crippen molar-refractivity contribution in [2.45, 2.75) is 71.7 Å². The van der Waals surface area contributed by atoms with Crippen LogP contribution < -0.4 is 0 Å². The fourth-order valence-electron chi connectivity index (χ4n) is 4.65. The molecule has 28 heavy (non-hydrogen) atoms. The number of Topliss-reactive ketones (excluding diaryl/α,β-unsaturated/α-hetero) is 1. The zero-order chi connectivity index (χ0) is 20.4. The summed E-state index contributed by atoms with van der Waals surface area (Å²) < 4.78 is 7.34. The van der Waals surface area contributed by atoms with E-state index in [0.717, 1.165) is 11.3 Å². The summed E-state index contributed by atoms with van der Waals surface area (Å²) in [5, 5.41) is 4.74. The Labute approximate surface area is 164 Å². The van der Waals surface area contributed by atoms with Crippen LogP contribution in [0.3, 0.4) is 0 Å². The van der Waals surface area contributed by atoms with E-state index in [1.165, 1.54) is 0 Å². The molecule has 3 heterocycles. The first-order valence-corrected chi connectivity index (χ1v) is 9.83. The lowest BCUT2D eigenvalue weighted by molar-refractivity contribution is -0.134. The zero-order valence-electron chi connectivity index (χ0n) is 17.2. The third-order valence-corrected chi connectivity index (χ3v) is 5.86. The summed E-state index contributed by atoms with van der Waals surface area (Å²) in [7, 11) is 1.78. The van der Waals surface area contributed by atoms with Crippen molar-refractivity contribution >= 4 is 17.8 Å².